The molecule has 0 amide bonds. The van der Waals surface area contributed by atoms with E-state index in [-0.39, 0.29) is 0 Å². The SMILES string of the molecule is c1ccc2c(c1)ccc1c2oc2c3ccc(-c4ccc5ccc6cccc7ccc4c5c67)cc3cc(-c3ccc4ccc5cccc6ccc3c4c56)c12. The molecule has 0 spiro atoms. The fourth-order valence-corrected chi connectivity index (χ4v) is 9.74. The molecule has 0 aliphatic heterocycles. The van der Waals surface area contributed by atoms with Crippen molar-refractivity contribution in [2.75, 3.05) is 0 Å². The third kappa shape index (κ3) is 3.61. The van der Waals surface area contributed by atoms with E-state index in [1.165, 1.54) is 103 Å². The van der Waals surface area contributed by atoms with Crippen LogP contribution in [0.25, 0.3) is 130 Å². The first-order chi connectivity index (χ1) is 26.3. The smallest absolute Gasteiger partial charge is 0.143 e. The topological polar surface area (TPSA) is 13.1 Å². The molecule has 53 heavy (non-hydrogen) atoms. The minimum atomic E-state index is 0.941. The quantitative estimate of drug-likeness (QED) is 0.167. The summed E-state index contributed by atoms with van der Waals surface area (Å²) in [4.78, 5) is 0. The Hall–Kier alpha value is -6.96. The zero-order valence-electron chi connectivity index (χ0n) is 28.6. The van der Waals surface area contributed by atoms with Crippen molar-refractivity contribution in [2.45, 2.75) is 0 Å². The van der Waals surface area contributed by atoms with Crippen molar-refractivity contribution < 1.29 is 4.42 Å². The van der Waals surface area contributed by atoms with Crippen LogP contribution in [0.1, 0.15) is 0 Å². The number of hydrogen-bond acceptors (Lipinski definition) is 1. The van der Waals surface area contributed by atoms with Gasteiger partial charge < -0.3 is 4.42 Å². The van der Waals surface area contributed by atoms with Crippen molar-refractivity contribution in [1.82, 2.24) is 0 Å². The monoisotopic (exact) mass is 668 g/mol. The zero-order valence-corrected chi connectivity index (χ0v) is 28.6. The van der Waals surface area contributed by atoms with Crippen LogP contribution in [-0.4, -0.2) is 0 Å². The van der Waals surface area contributed by atoms with Crippen molar-refractivity contribution in [3.8, 4) is 22.3 Å². The van der Waals surface area contributed by atoms with Gasteiger partial charge in [0.2, 0.25) is 0 Å². The van der Waals surface area contributed by atoms with E-state index >= 15 is 0 Å². The summed E-state index contributed by atoms with van der Waals surface area (Å²) >= 11 is 0. The lowest BCUT2D eigenvalue weighted by atomic mass is 9.87. The van der Waals surface area contributed by atoms with Gasteiger partial charge in [-0.15, -0.1) is 0 Å². The van der Waals surface area contributed by atoms with E-state index in [1.54, 1.807) is 0 Å². The van der Waals surface area contributed by atoms with Gasteiger partial charge in [-0.3, -0.25) is 0 Å². The Morgan fingerprint density at radius 2 is 0.736 bits per heavy atom. The maximum Gasteiger partial charge on any atom is 0.143 e. The lowest BCUT2D eigenvalue weighted by molar-refractivity contribution is 0.676. The van der Waals surface area contributed by atoms with Crippen LogP contribution in [0.4, 0.5) is 0 Å². The molecule has 0 N–H and O–H groups in total. The van der Waals surface area contributed by atoms with Gasteiger partial charge in [-0.1, -0.05) is 146 Å². The van der Waals surface area contributed by atoms with Crippen LogP contribution in [0.3, 0.4) is 0 Å². The van der Waals surface area contributed by atoms with E-state index < -0.39 is 0 Å². The molecule has 13 rings (SSSR count). The highest BCUT2D eigenvalue weighted by Crippen LogP contribution is 2.48. The van der Waals surface area contributed by atoms with Crippen LogP contribution in [0.15, 0.2) is 174 Å². The second kappa shape index (κ2) is 9.88. The molecular weight excluding hydrogens is 641 g/mol. The molecule has 0 bridgehead atoms. The largest absolute Gasteiger partial charge is 0.455 e. The summed E-state index contributed by atoms with van der Waals surface area (Å²) in [6.07, 6.45) is 0. The number of rotatable bonds is 2. The van der Waals surface area contributed by atoms with Crippen LogP contribution in [0, 0.1) is 0 Å². The molecule has 13 aromatic rings. The van der Waals surface area contributed by atoms with Crippen molar-refractivity contribution in [3.63, 3.8) is 0 Å². The molecule has 0 radical (unpaired) electrons. The second-order valence-corrected chi connectivity index (χ2v) is 14.8. The molecule has 0 aliphatic rings. The van der Waals surface area contributed by atoms with Crippen molar-refractivity contribution in [2.24, 2.45) is 0 Å². The van der Waals surface area contributed by atoms with Gasteiger partial charge in [0.25, 0.3) is 0 Å². The molecule has 1 nitrogen and oxygen atoms in total. The summed E-state index contributed by atoms with van der Waals surface area (Å²) in [5.74, 6) is 0. The molecule has 0 saturated heterocycles. The maximum absolute atomic E-state index is 7.06. The molecule has 1 heterocycles. The fraction of sp³-hybridized carbons (Fsp3) is 0. The van der Waals surface area contributed by atoms with Crippen LogP contribution < -0.4 is 0 Å². The molecule has 0 atom stereocenters. The Kier molecular flexibility index (Phi) is 5.17. The van der Waals surface area contributed by atoms with Crippen LogP contribution >= 0.6 is 0 Å². The summed E-state index contributed by atoms with van der Waals surface area (Å²) in [5.41, 5.74) is 6.77. The molecule has 242 valence electrons. The molecule has 1 aromatic heterocycles. The molecule has 1 heteroatoms. The summed E-state index contributed by atoms with van der Waals surface area (Å²) in [7, 11) is 0. The minimum absolute atomic E-state index is 0.941. The van der Waals surface area contributed by atoms with E-state index in [0.29, 0.717) is 0 Å². The number of furan rings is 1. The average molecular weight is 669 g/mol. The van der Waals surface area contributed by atoms with E-state index in [4.69, 9.17) is 4.42 Å². The molecule has 12 aromatic carbocycles. The van der Waals surface area contributed by atoms with E-state index in [9.17, 15) is 0 Å². The predicted octanol–water partition coefficient (Wildman–Crippen LogP) is 15.0. The number of fused-ring (bicyclic) bond motifs is 7. The first kappa shape index (κ1) is 27.7. The van der Waals surface area contributed by atoms with Gasteiger partial charge in [0.05, 0.1) is 0 Å². The van der Waals surface area contributed by atoms with Gasteiger partial charge in [-0.05, 0) is 122 Å². The van der Waals surface area contributed by atoms with Crippen molar-refractivity contribution in [3.05, 3.63) is 170 Å². The Balaban J connectivity index is 1.15. The summed E-state index contributed by atoms with van der Waals surface area (Å²) in [6, 6.07) is 63.2. The average Bonchev–Trinajstić information content (AvgIpc) is 3.62. The summed E-state index contributed by atoms with van der Waals surface area (Å²) in [6.45, 7) is 0. The number of benzene rings is 12. The Morgan fingerprint density at radius 1 is 0.245 bits per heavy atom. The van der Waals surface area contributed by atoms with Crippen LogP contribution in [-0.2, 0) is 0 Å². The Labute approximate surface area is 303 Å². The fourth-order valence-electron chi connectivity index (χ4n) is 9.74. The first-order valence-electron chi connectivity index (χ1n) is 18.4. The van der Waals surface area contributed by atoms with Crippen LogP contribution in [0.5, 0.6) is 0 Å². The number of hydrogen-bond donors (Lipinski definition) is 0. The van der Waals surface area contributed by atoms with Crippen molar-refractivity contribution in [1.29, 1.82) is 0 Å². The third-order valence-electron chi connectivity index (χ3n) is 12.1. The molecular formula is C52H28O. The molecule has 0 unspecified atom stereocenters. The van der Waals surface area contributed by atoms with Gasteiger partial charge in [0.15, 0.2) is 0 Å². The minimum Gasteiger partial charge on any atom is -0.455 e. The lowest BCUT2D eigenvalue weighted by Gasteiger charge is -2.16. The highest BCUT2D eigenvalue weighted by atomic mass is 16.3. The van der Waals surface area contributed by atoms with Gasteiger partial charge in [-0.25, -0.2) is 0 Å². The Bertz CT molecular complexity index is 3640. The van der Waals surface area contributed by atoms with Gasteiger partial charge in [0, 0.05) is 21.5 Å². The van der Waals surface area contributed by atoms with Gasteiger partial charge in [0.1, 0.15) is 11.2 Å². The van der Waals surface area contributed by atoms with Crippen LogP contribution in [0.2, 0.25) is 0 Å². The molecule has 0 fully saturated rings. The third-order valence-corrected chi connectivity index (χ3v) is 12.1. The molecule has 0 saturated carbocycles. The lowest BCUT2D eigenvalue weighted by Crippen LogP contribution is -1.89. The highest BCUT2D eigenvalue weighted by Gasteiger charge is 2.21. The molecule has 0 aliphatic carbocycles. The first-order valence-corrected chi connectivity index (χ1v) is 18.4. The zero-order chi connectivity index (χ0) is 34.4. The second-order valence-electron chi connectivity index (χ2n) is 14.8. The Morgan fingerprint density at radius 3 is 1.43 bits per heavy atom. The van der Waals surface area contributed by atoms with Gasteiger partial charge >= 0.3 is 0 Å². The van der Waals surface area contributed by atoms with E-state index in [0.717, 1.165) is 27.3 Å². The van der Waals surface area contributed by atoms with E-state index in [2.05, 4.69) is 170 Å². The standard InChI is InChI=1S/C52H28O/c1-2-10-39-29(5-1)15-26-44-50-45(41-23-17-35-14-12-31-7-4-9-33-19-25-43(41)49(35)47(31)33)28-37-27-36(20-22-40(37)52(50)53-51(39)44)38-21-16-34-13-11-30-6-3-8-32-18-24-42(38)48(34)46(30)32/h1-28H. The maximum atomic E-state index is 7.06. The summed E-state index contributed by atoms with van der Waals surface area (Å²) < 4.78 is 7.06. The highest BCUT2D eigenvalue weighted by molar-refractivity contribution is 6.30. The summed E-state index contributed by atoms with van der Waals surface area (Å²) in [5, 5.41) is 22.5. The van der Waals surface area contributed by atoms with Crippen molar-refractivity contribution >= 4 is 108 Å². The predicted molar refractivity (Wildman–Crippen MR) is 227 cm³/mol. The van der Waals surface area contributed by atoms with Gasteiger partial charge in [-0.2, -0.15) is 0 Å². The van der Waals surface area contributed by atoms with E-state index in [1.807, 2.05) is 0 Å². The normalized spacial score (nSPS) is 12.5.